The summed E-state index contributed by atoms with van der Waals surface area (Å²) < 4.78 is 92.4. The van der Waals surface area contributed by atoms with E-state index in [9.17, 15) is 34.8 Å². The molecule has 27 heavy (non-hydrogen) atoms. The third-order valence-electron chi connectivity index (χ3n) is 4.01. The fourth-order valence-electron chi connectivity index (χ4n) is 2.61. The van der Waals surface area contributed by atoms with Gasteiger partial charge in [-0.1, -0.05) is 10.7 Å². The van der Waals surface area contributed by atoms with Gasteiger partial charge in [0.15, 0.2) is 0 Å². The second kappa shape index (κ2) is 8.51. The molecule has 0 aromatic carbocycles. The lowest BCUT2D eigenvalue weighted by atomic mass is 9.78. The Labute approximate surface area is 169 Å². The Morgan fingerprint density at radius 2 is 1.59 bits per heavy atom. The quantitative estimate of drug-likeness (QED) is 0.295. The summed E-state index contributed by atoms with van der Waals surface area (Å²) in [5, 5.41) is 0. The first-order chi connectivity index (χ1) is 12.0. The van der Waals surface area contributed by atoms with Crippen molar-refractivity contribution in [3.05, 3.63) is 10.2 Å². The van der Waals surface area contributed by atoms with E-state index in [1.54, 1.807) is 36.4 Å². The van der Waals surface area contributed by atoms with Crippen LogP contribution in [0.15, 0.2) is 10.2 Å². The van der Waals surface area contributed by atoms with Gasteiger partial charge in [-0.15, -0.1) is 0 Å². The zero-order chi connectivity index (χ0) is 21.3. The van der Waals surface area contributed by atoms with Crippen molar-refractivity contribution in [2.24, 2.45) is 5.92 Å². The topological polar surface area (TPSA) is 116 Å². The van der Waals surface area contributed by atoms with E-state index in [4.69, 9.17) is 4.74 Å². The molecule has 8 nitrogen and oxygen atoms in total. The molecule has 1 aliphatic carbocycles. The van der Waals surface area contributed by atoms with Crippen molar-refractivity contribution in [3.63, 3.8) is 0 Å². The lowest BCUT2D eigenvalue weighted by Crippen LogP contribution is -2.43. The predicted octanol–water partition coefficient (Wildman–Crippen LogP) is 2.52. The van der Waals surface area contributed by atoms with Crippen LogP contribution in [-0.2, 0) is 34.0 Å². The predicted molar refractivity (Wildman–Crippen MR) is 97.2 cm³/mol. The Bertz CT molecular complexity index is 785. The van der Waals surface area contributed by atoms with Crippen LogP contribution in [0.4, 0.5) is 13.2 Å². The number of sulfonamides is 1. The van der Waals surface area contributed by atoms with E-state index in [0.717, 1.165) is 0 Å². The maximum Gasteiger partial charge on any atom is 0.512 e. The highest BCUT2D eigenvalue weighted by molar-refractivity contribution is 14.1. The van der Waals surface area contributed by atoms with Gasteiger partial charge in [-0.05, 0) is 68.0 Å². The number of ether oxygens (including phenoxy) is 1. The molecule has 0 aliphatic heterocycles. The Hall–Kier alpha value is -0.450. The van der Waals surface area contributed by atoms with E-state index >= 15 is 0 Å². The minimum Gasteiger partial charge on any atom is -0.455 e. The average Bonchev–Trinajstić information content (AvgIpc) is 2.44. The SMILES string of the molecule is C=C(I)C(=O)OC(C)(C)C1CCC(OS(=O)(=O)NS(=O)(=O)C(F)(F)F)CC1. The van der Waals surface area contributed by atoms with Crippen molar-refractivity contribution < 1.29 is 43.7 Å². The molecule has 0 bridgehead atoms. The minimum atomic E-state index is -6.09. The van der Waals surface area contributed by atoms with Crippen molar-refractivity contribution in [1.82, 2.24) is 4.13 Å². The van der Waals surface area contributed by atoms with Crippen LogP contribution in [-0.4, -0.2) is 40.0 Å². The van der Waals surface area contributed by atoms with Gasteiger partial charge < -0.3 is 4.74 Å². The lowest BCUT2D eigenvalue weighted by Gasteiger charge is -2.38. The molecule has 158 valence electrons. The number of hydrogen-bond donors (Lipinski definition) is 1. The van der Waals surface area contributed by atoms with E-state index in [2.05, 4.69) is 10.8 Å². The molecule has 0 spiro atoms. The largest absolute Gasteiger partial charge is 0.512 e. The number of rotatable bonds is 7. The lowest BCUT2D eigenvalue weighted by molar-refractivity contribution is -0.157. The second-order valence-corrected chi connectivity index (χ2v) is 11.0. The normalized spacial score (nSPS) is 22.3. The van der Waals surface area contributed by atoms with Gasteiger partial charge in [-0.25, -0.2) is 13.2 Å². The summed E-state index contributed by atoms with van der Waals surface area (Å²) in [6.07, 6.45) is -0.0122. The number of carbonyl (C=O) groups excluding carboxylic acids is 1. The third-order valence-corrected chi connectivity index (χ3v) is 7.28. The van der Waals surface area contributed by atoms with Crippen LogP contribution in [0.2, 0.25) is 0 Å². The molecular weight excluding hydrogens is 530 g/mol. The van der Waals surface area contributed by atoms with Crippen LogP contribution in [0.5, 0.6) is 0 Å². The molecule has 1 N–H and O–H groups in total. The molecule has 0 unspecified atom stereocenters. The highest BCUT2D eigenvalue weighted by Gasteiger charge is 2.49. The van der Waals surface area contributed by atoms with Crippen LogP contribution in [0.25, 0.3) is 0 Å². The Morgan fingerprint density at radius 3 is 2.00 bits per heavy atom. The zero-order valence-electron chi connectivity index (χ0n) is 14.4. The highest BCUT2D eigenvalue weighted by Crippen LogP contribution is 2.37. The molecule has 1 aliphatic rings. The van der Waals surface area contributed by atoms with Gasteiger partial charge in [0.25, 0.3) is 0 Å². The molecule has 0 atom stereocenters. The van der Waals surface area contributed by atoms with Gasteiger partial charge in [-0.2, -0.15) is 21.6 Å². The number of esters is 1. The average molecular weight is 549 g/mol. The molecular formula is C13H19F3INO7S2. The molecule has 0 heterocycles. The molecule has 14 heteroatoms. The fraction of sp³-hybridized carbons (Fsp3) is 0.769. The molecule has 0 saturated heterocycles. The number of nitrogens with one attached hydrogen (secondary N) is 1. The summed E-state index contributed by atoms with van der Waals surface area (Å²) >= 11 is 1.72. The first-order valence-corrected chi connectivity index (χ1v) is 11.5. The van der Waals surface area contributed by atoms with E-state index in [1.165, 1.54) is 0 Å². The molecule has 1 fully saturated rings. The maximum absolute atomic E-state index is 12.3. The van der Waals surface area contributed by atoms with Gasteiger partial charge in [0.05, 0.1) is 9.68 Å². The second-order valence-electron chi connectivity index (χ2n) is 6.45. The van der Waals surface area contributed by atoms with Crippen LogP contribution in [0.1, 0.15) is 39.5 Å². The van der Waals surface area contributed by atoms with E-state index in [0.29, 0.717) is 17.0 Å². The van der Waals surface area contributed by atoms with Gasteiger partial charge in [0.2, 0.25) is 0 Å². The van der Waals surface area contributed by atoms with Crippen molar-refractivity contribution in [2.75, 3.05) is 0 Å². The summed E-state index contributed by atoms with van der Waals surface area (Å²) in [6, 6.07) is 0. The number of alkyl halides is 3. The summed E-state index contributed by atoms with van der Waals surface area (Å²) in [4.78, 5) is 11.7. The highest BCUT2D eigenvalue weighted by atomic mass is 127. The van der Waals surface area contributed by atoms with Crippen LogP contribution < -0.4 is 4.13 Å². The van der Waals surface area contributed by atoms with E-state index in [1.807, 2.05) is 0 Å². The van der Waals surface area contributed by atoms with E-state index < -0.39 is 43.5 Å². The van der Waals surface area contributed by atoms with Gasteiger partial charge in [0, 0.05) is 0 Å². The summed E-state index contributed by atoms with van der Waals surface area (Å²) in [7, 11) is -11.3. The van der Waals surface area contributed by atoms with Gasteiger partial charge in [0.1, 0.15) is 5.60 Å². The minimum absolute atomic E-state index is 0.129. The Balaban J connectivity index is 2.67. The smallest absolute Gasteiger partial charge is 0.455 e. The molecule has 0 aromatic heterocycles. The Morgan fingerprint density at radius 1 is 1.11 bits per heavy atom. The van der Waals surface area contributed by atoms with Gasteiger partial charge >= 0.3 is 31.8 Å². The maximum atomic E-state index is 12.3. The molecule has 1 saturated carbocycles. The zero-order valence-corrected chi connectivity index (χ0v) is 18.2. The fourth-order valence-corrected chi connectivity index (χ4v) is 4.88. The molecule has 0 amide bonds. The molecule has 1 rings (SSSR count). The van der Waals surface area contributed by atoms with Crippen LogP contribution in [0, 0.1) is 5.92 Å². The number of halogens is 4. The monoisotopic (exact) mass is 549 g/mol. The van der Waals surface area contributed by atoms with Crippen LogP contribution >= 0.6 is 22.6 Å². The van der Waals surface area contributed by atoms with Crippen molar-refractivity contribution in [2.45, 2.75) is 56.7 Å². The first kappa shape index (κ1) is 24.6. The summed E-state index contributed by atoms with van der Waals surface area (Å²) in [5.41, 5.74) is -6.65. The third kappa shape index (κ3) is 7.14. The van der Waals surface area contributed by atoms with Crippen LogP contribution in [0.3, 0.4) is 0 Å². The Kier molecular flexibility index (Phi) is 7.75. The van der Waals surface area contributed by atoms with E-state index in [-0.39, 0.29) is 22.3 Å². The molecule has 0 aromatic rings. The molecule has 0 radical (unpaired) electrons. The summed E-state index contributed by atoms with van der Waals surface area (Å²) in [5.74, 6) is -0.727. The number of carbonyl (C=O) groups is 1. The van der Waals surface area contributed by atoms with Crippen molar-refractivity contribution in [3.8, 4) is 0 Å². The van der Waals surface area contributed by atoms with Gasteiger partial charge in [-0.3, -0.25) is 4.18 Å². The number of hydrogen-bond acceptors (Lipinski definition) is 7. The van der Waals surface area contributed by atoms with Crippen molar-refractivity contribution >= 4 is 48.9 Å². The first-order valence-electron chi connectivity index (χ1n) is 7.57. The van der Waals surface area contributed by atoms with Crippen molar-refractivity contribution in [1.29, 1.82) is 0 Å². The standard InChI is InChI=1S/C13H19F3INO7S2/c1-8(17)11(19)24-12(2,3)9-4-6-10(7-5-9)25-27(22,23)18-26(20,21)13(14,15)16/h9-10,18H,1,4-7H2,2-3H3. The summed E-state index contributed by atoms with van der Waals surface area (Å²) in [6.45, 7) is 6.84.